The third-order valence-corrected chi connectivity index (χ3v) is 2.57. The van der Waals surface area contributed by atoms with Crippen molar-refractivity contribution in [3.8, 4) is 17.7 Å². The summed E-state index contributed by atoms with van der Waals surface area (Å²) in [4.78, 5) is 4.30. The van der Waals surface area contributed by atoms with Gasteiger partial charge in [0, 0.05) is 33.4 Å². The summed E-state index contributed by atoms with van der Waals surface area (Å²) in [5.74, 6) is 1.09. The number of methoxy groups -OCH3 is 1. The van der Waals surface area contributed by atoms with E-state index < -0.39 is 0 Å². The van der Waals surface area contributed by atoms with Crippen molar-refractivity contribution in [2.24, 2.45) is 7.05 Å². The summed E-state index contributed by atoms with van der Waals surface area (Å²) < 4.78 is 12.0. The molecule has 6 nitrogen and oxygen atoms in total. The van der Waals surface area contributed by atoms with Gasteiger partial charge in [0.2, 0.25) is 0 Å². The quantitative estimate of drug-likeness (QED) is 0.747. The van der Waals surface area contributed by atoms with Crippen molar-refractivity contribution in [1.82, 2.24) is 14.7 Å². The zero-order valence-corrected chi connectivity index (χ0v) is 10.4. The SMILES string of the molecule is COCCCc1noc(-c2cc(C#N)cn2C)n1. The lowest BCUT2D eigenvalue weighted by atomic mass is 10.3. The molecule has 0 atom stereocenters. The molecular weight excluding hydrogens is 232 g/mol. The lowest BCUT2D eigenvalue weighted by Crippen LogP contribution is -1.94. The van der Waals surface area contributed by atoms with Crippen molar-refractivity contribution in [3.63, 3.8) is 0 Å². The summed E-state index contributed by atoms with van der Waals surface area (Å²) in [6, 6.07) is 3.81. The Hall–Kier alpha value is -2.13. The van der Waals surface area contributed by atoms with Crippen molar-refractivity contribution in [2.45, 2.75) is 12.8 Å². The molecule has 0 radical (unpaired) electrons. The van der Waals surface area contributed by atoms with Gasteiger partial charge >= 0.3 is 0 Å². The summed E-state index contributed by atoms with van der Waals surface area (Å²) in [5, 5.41) is 12.7. The van der Waals surface area contributed by atoms with E-state index in [2.05, 4.69) is 16.2 Å². The molecule has 18 heavy (non-hydrogen) atoms. The summed E-state index contributed by atoms with van der Waals surface area (Å²) in [7, 11) is 3.50. The van der Waals surface area contributed by atoms with Crippen LogP contribution in [-0.4, -0.2) is 28.4 Å². The van der Waals surface area contributed by atoms with Crippen LogP contribution < -0.4 is 0 Å². The topological polar surface area (TPSA) is 76.9 Å². The number of nitriles is 1. The third-order valence-electron chi connectivity index (χ3n) is 2.57. The van der Waals surface area contributed by atoms with Crippen molar-refractivity contribution >= 4 is 0 Å². The molecule has 2 aromatic heterocycles. The lowest BCUT2D eigenvalue weighted by molar-refractivity contribution is 0.194. The first kappa shape index (κ1) is 12.3. The van der Waals surface area contributed by atoms with E-state index in [1.165, 1.54) is 0 Å². The Balaban J connectivity index is 2.14. The minimum Gasteiger partial charge on any atom is -0.385 e. The van der Waals surface area contributed by atoms with E-state index >= 15 is 0 Å². The Morgan fingerprint density at radius 1 is 1.56 bits per heavy atom. The van der Waals surface area contributed by atoms with Gasteiger partial charge in [0.05, 0.1) is 5.56 Å². The molecule has 0 spiro atoms. The summed E-state index contributed by atoms with van der Waals surface area (Å²) >= 11 is 0. The fraction of sp³-hybridized carbons (Fsp3) is 0.417. The molecule has 2 heterocycles. The Morgan fingerprint density at radius 2 is 2.39 bits per heavy atom. The molecule has 0 N–H and O–H groups in total. The molecular formula is C12H14N4O2. The van der Waals surface area contributed by atoms with E-state index in [0.717, 1.165) is 12.1 Å². The minimum atomic E-state index is 0.436. The molecule has 0 fully saturated rings. The Kier molecular flexibility index (Phi) is 3.75. The van der Waals surface area contributed by atoms with Crippen LogP contribution in [0.3, 0.4) is 0 Å². The summed E-state index contributed by atoms with van der Waals surface area (Å²) in [6.07, 6.45) is 3.29. The maximum absolute atomic E-state index is 8.83. The molecule has 0 unspecified atom stereocenters. The summed E-state index contributed by atoms with van der Waals surface area (Å²) in [5.41, 5.74) is 1.32. The number of hydrogen-bond acceptors (Lipinski definition) is 5. The Labute approximate surface area is 105 Å². The molecule has 0 aliphatic rings. The highest BCUT2D eigenvalue weighted by atomic mass is 16.5. The highest BCUT2D eigenvalue weighted by molar-refractivity contribution is 5.52. The number of rotatable bonds is 5. The maximum Gasteiger partial charge on any atom is 0.274 e. The minimum absolute atomic E-state index is 0.436. The van der Waals surface area contributed by atoms with E-state index in [9.17, 15) is 0 Å². The first-order valence-corrected chi connectivity index (χ1v) is 5.63. The van der Waals surface area contributed by atoms with Crippen LogP contribution in [0.5, 0.6) is 0 Å². The van der Waals surface area contributed by atoms with Gasteiger partial charge < -0.3 is 13.8 Å². The van der Waals surface area contributed by atoms with Gasteiger partial charge in [-0.2, -0.15) is 10.2 Å². The monoisotopic (exact) mass is 246 g/mol. The fourth-order valence-electron chi connectivity index (χ4n) is 1.67. The smallest absolute Gasteiger partial charge is 0.274 e. The van der Waals surface area contributed by atoms with Gasteiger partial charge in [-0.25, -0.2) is 0 Å². The molecule has 94 valence electrons. The van der Waals surface area contributed by atoms with Crippen LogP contribution in [0.15, 0.2) is 16.8 Å². The highest BCUT2D eigenvalue weighted by Gasteiger charge is 2.13. The first-order chi connectivity index (χ1) is 8.74. The van der Waals surface area contributed by atoms with E-state index in [1.807, 2.05) is 7.05 Å². The van der Waals surface area contributed by atoms with Gasteiger partial charge in [0.15, 0.2) is 5.82 Å². The van der Waals surface area contributed by atoms with Gasteiger partial charge in [0.25, 0.3) is 5.89 Å². The highest BCUT2D eigenvalue weighted by Crippen LogP contribution is 2.19. The largest absolute Gasteiger partial charge is 0.385 e. The normalized spacial score (nSPS) is 10.5. The first-order valence-electron chi connectivity index (χ1n) is 5.63. The molecule has 2 rings (SSSR count). The van der Waals surface area contributed by atoms with Crippen LogP contribution in [0.4, 0.5) is 0 Å². The zero-order valence-electron chi connectivity index (χ0n) is 10.4. The van der Waals surface area contributed by atoms with Gasteiger partial charge in [0.1, 0.15) is 11.8 Å². The lowest BCUT2D eigenvalue weighted by Gasteiger charge is -1.95. The number of ether oxygens (including phenoxy) is 1. The van der Waals surface area contributed by atoms with E-state index in [-0.39, 0.29) is 0 Å². The third kappa shape index (κ3) is 2.57. The Bertz CT molecular complexity index is 565. The van der Waals surface area contributed by atoms with Crippen LogP contribution in [0, 0.1) is 11.3 Å². The van der Waals surface area contributed by atoms with Gasteiger partial charge in [-0.15, -0.1) is 0 Å². The maximum atomic E-state index is 8.83. The average molecular weight is 246 g/mol. The number of nitrogens with zero attached hydrogens (tertiary/aromatic N) is 4. The molecule has 0 aliphatic heterocycles. The average Bonchev–Trinajstić information content (AvgIpc) is 2.96. The van der Waals surface area contributed by atoms with Gasteiger partial charge in [-0.3, -0.25) is 0 Å². The van der Waals surface area contributed by atoms with E-state index in [1.54, 1.807) is 23.9 Å². The van der Waals surface area contributed by atoms with Crippen LogP contribution in [0.1, 0.15) is 17.8 Å². The predicted molar refractivity (Wildman–Crippen MR) is 63.6 cm³/mol. The molecule has 0 bridgehead atoms. The standard InChI is InChI=1S/C12H14N4O2/c1-16-8-9(7-13)6-10(16)12-14-11(15-18-12)4-3-5-17-2/h6,8H,3-5H2,1-2H3. The van der Waals surface area contributed by atoms with Crippen LogP contribution >= 0.6 is 0 Å². The molecule has 0 saturated heterocycles. The van der Waals surface area contributed by atoms with E-state index in [0.29, 0.717) is 30.3 Å². The molecule has 0 saturated carbocycles. The van der Waals surface area contributed by atoms with Gasteiger partial charge in [-0.1, -0.05) is 5.16 Å². The van der Waals surface area contributed by atoms with Crippen LogP contribution in [0.25, 0.3) is 11.6 Å². The zero-order chi connectivity index (χ0) is 13.0. The van der Waals surface area contributed by atoms with Crippen molar-refractivity contribution in [3.05, 3.63) is 23.7 Å². The number of hydrogen-bond donors (Lipinski definition) is 0. The van der Waals surface area contributed by atoms with Crippen LogP contribution in [0.2, 0.25) is 0 Å². The molecule has 0 aromatic carbocycles. The van der Waals surface area contributed by atoms with Crippen molar-refractivity contribution < 1.29 is 9.26 Å². The second-order valence-electron chi connectivity index (χ2n) is 3.95. The number of aryl methyl sites for hydroxylation is 2. The number of aromatic nitrogens is 3. The van der Waals surface area contributed by atoms with Crippen molar-refractivity contribution in [1.29, 1.82) is 5.26 Å². The van der Waals surface area contributed by atoms with Gasteiger partial charge in [-0.05, 0) is 12.5 Å². The molecule has 2 aromatic rings. The predicted octanol–water partition coefficient (Wildman–Crippen LogP) is 1.53. The Morgan fingerprint density at radius 3 is 3.06 bits per heavy atom. The molecule has 0 amide bonds. The molecule has 0 aliphatic carbocycles. The van der Waals surface area contributed by atoms with E-state index in [4.69, 9.17) is 14.5 Å². The van der Waals surface area contributed by atoms with Crippen molar-refractivity contribution in [2.75, 3.05) is 13.7 Å². The second-order valence-corrected chi connectivity index (χ2v) is 3.95. The summed E-state index contributed by atoms with van der Waals surface area (Å²) in [6.45, 7) is 0.673. The fourth-order valence-corrected chi connectivity index (χ4v) is 1.67. The van der Waals surface area contributed by atoms with Crippen LogP contribution in [-0.2, 0) is 18.2 Å². The molecule has 6 heteroatoms. The second kappa shape index (κ2) is 5.47.